The van der Waals surface area contributed by atoms with E-state index in [9.17, 15) is 4.79 Å². The van der Waals surface area contributed by atoms with Gasteiger partial charge in [0.2, 0.25) is 5.91 Å². The molecule has 2 bridgehead atoms. The highest BCUT2D eigenvalue weighted by Crippen LogP contribution is 2.49. The van der Waals surface area contributed by atoms with Crippen LogP contribution in [0.3, 0.4) is 0 Å². The Morgan fingerprint density at radius 3 is 2.67 bits per heavy atom. The molecule has 5 unspecified atom stereocenters. The Morgan fingerprint density at radius 2 is 2.17 bits per heavy atom. The number of amides is 1. The Balaban J connectivity index is 1.77. The monoisotopic (exact) mass is 252 g/mol. The van der Waals surface area contributed by atoms with Gasteiger partial charge in [-0.05, 0) is 56.4 Å². The summed E-state index contributed by atoms with van der Waals surface area (Å²) in [6.45, 7) is 4.91. The fourth-order valence-electron chi connectivity index (χ4n) is 3.98. The lowest BCUT2D eigenvalue weighted by Gasteiger charge is -2.29. The standard InChI is InChI=1S/C15H28N2O/c1-3-11(9-16)8-15(18)17-10(2)14-7-12-4-5-13(14)6-12/h10-14H,3-9,16H2,1-2H3,(H,17,18). The van der Waals surface area contributed by atoms with Crippen molar-refractivity contribution >= 4 is 5.91 Å². The molecule has 0 radical (unpaired) electrons. The predicted molar refractivity (Wildman–Crippen MR) is 74.0 cm³/mol. The average Bonchev–Trinajstić information content (AvgIpc) is 2.97. The van der Waals surface area contributed by atoms with E-state index in [-0.39, 0.29) is 5.91 Å². The van der Waals surface area contributed by atoms with Crippen LogP contribution < -0.4 is 11.1 Å². The molecule has 3 nitrogen and oxygen atoms in total. The van der Waals surface area contributed by atoms with Crippen LogP contribution in [0.4, 0.5) is 0 Å². The van der Waals surface area contributed by atoms with Gasteiger partial charge in [-0.15, -0.1) is 0 Å². The lowest BCUT2D eigenvalue weighted by Crippen LogP contribution is -2.41. The molecule has 0 saturated heterocycles. The SMILES string of the molecule is CCC(CN)CC(=O)NC(C)C1CC2CCC1C2. The van der Waals surface area contributed by atoms with Gasteiger partial charge in [0.25, 0.3) is 0 Å². The van der Waals surface area contributed by atoms with Gasteiger partial charge in [-0.1, -0.05) is 19.8 Å². The second-order valence-electron chi connectivity index (χ2n) is 6.41. The van der Waals surface area contributed by atoms with Gasteiger partial charge in [-0.2, -0.15) is 0 Å². The summed E-state index contributed by atoms with van der Waals surface area (Å²) in [6, 6.07) is 0.350. The number of carbonyl (C=O) groups is 1. The molecule has 0 heterocycles. The Hall–Kier alpha value is -0.570. The summed E-state index contributed by atoms with van der Waals surface area (Å²) in [7, 11) is 0. The van der Waals surface area contributed by atoms with E-state index in [0.717, 1.165) is 24.2 Å². The zero-order valence-electron chi connectivity index (χ0n) is 11.8. The first-order chi connectivity index (χ1) is 8.63. The minimum atomic E-state index is 0.197. The first-order valence-corrected chi connectivity index (χ1v) is 7.63. The summed E-state index contributed by atoms with van der Waals surface area (Å²) in [4.78, 5) is 12.0. The number of carbonyl (C=O) groups excluding carboxylic acids is 1. The van der Waals surface area contributed by atoms with Crippen molar-refractivity contribution < 1.29 is 4.79 Å². The van der Waals surface area contributed by atoms with Crippen molar-refractivity contribution in [2.24, 2.45) is 29.4 Å². The summed E-state index contributed by atoms with van der Waals surface area (Å²) >= 11 is 0. The van der Waals surface area contributed by atoms with Gasteiger partial charge in [0, 0.05) is 12.5 Å². The number of rotatable bonds is 6. The maximum atomic E-state index is 12.0. The van der Waals surface area contributed by atoms with Crippen molar-refractivity contribution in [1.29, 1.82) is 0 Å². The van der Waals surface area contributed by atoms with Crippen molar-refractivity contribution in [3.63, 3.8) is 0 Å². The maximum Gasteiger partial charge on any atom is 0.220 e. The summed E-state index contributed by atoms with van der Waals surface area (Å²) in [5, 5.41) is 3.21. The van der Waals surface area contributed by atoms with Crippen molar-refractivity contribution in [3.8, 4) is 0 Å². The molecular formula is C15H28N2O. The van der Waals surface area contributed by atoms with E-state index in [1.807, 2.05) is 0 Å². The Kier molecular flexibility index (Phi) is 4.66. The predicted octanol–water partition coefficient (Wildman–Crippen LogP) is 2.30. The lowest BCUT2D eigenvalue weighted by atomic mass is 9.84. The van der Waals surface area contributed by atoms with Gasteiger partial charge in [-0.25, -0.2) is 0 Å². The van der Waals surface area contributed by atoms with E-state index in [1.54, 1.807) is 0 Å². The Labute approximate surface area is 111 Å². The molecule has 2 aliphatic rings. The second-order valence-corrected chi connectivity index (χ2v) is 6.41. The Bertz CT molecular complexity index is 288. The molecule has 2 fully saturated rings. The molecule has 2 aliphatic carbocycles. The quantitative estimate of drug-likeness (QED) is 0.762. The van der Waals surface area contributed by atoms with Gasteiger partial charge in [0.15, 0.2) is 0 Å². The average molecular weight is 252 g/mol. The smallest absolute Gasteiger partial charge is 0.220 e. The molecule has 18 heavy (non-hydrogen) atoms. The minimum Gasteiger partial charge on any atom is -0.353 e. The van der Waals surface area contributed by atoms with Crippen molar-refractivity contribution in [3.05, 3.63) is 0 Å². The highest BCUT2D eigenvalue weighted by atomic mass is 16.1. The highest BCUT2D eigenvalue weighted by Gasteiger charge is 2.42. The molecule has 2 saturated carbocycles. The van der Waals surface area contributed by atoms with Crippen LogP contribution >= 0.6 is 0 Å². The van der Waals surface area contributed by atoms with Crippen LogP contribution in [0.1, 0.15) is 52.4 Å². The van der Waals surface area contributed by atoms with Crippen LogP contribution in [0.25, 0.3) is 0 Å². The van der Waals surface area contributed by atoms with Crippen molar-refractivity contribution in [2.45, 2.75) is 58.4 Å². The highest BCUT2D eigenvalue weighted by molar-refractivity contribution is 5.76. The molecule has 0 spiro atoms. The molecule has 104 valence electrons. The molecule has 0 aromatic rings. The molecule has 0 aromatic carbocycles. The van der Waals surface area contributed by atoms with Crippen molar-refractivity contribution in [2.75, 3.05) is 6.54 Å². The molecule has 3 N–H and O–H groups in total. The van der Waals surface area contributed by atoms with Gasteiger partial charge in [0.05, 0.1) is 0 Å². The van der Waals surface area contributed by atoms with E-state index in [1.165, 1.54) is 25.7 Å². The van der Waals surface area contributed by atoms with Gasteiger partial charge >= 0.3 is 0 Å². The minimum absolute atomic E-state index is 0.197. The number of hydrogen-bond donors (Lipinski definition) is 2. The number of fused-ring (bicyclic) bond motifs is 2. The molecule has 3 heteroatoms. The molecule has 0 aromatic heterocycles. The van der Waals surface area contributed by atoms with Gasteiger partial charge in [0.1, 0.15) is 0 Å². The van der Waals surface area contributed by atoms with E-state index in [2.05, 4.69) is 19.2 Å². The largest absolute Gasteiger partial charge is 0.353 e. The molecule has 2 rings (SSSR count). The van der Waals surface area contributed by atoms with Gasteiger partial charge in [-0.3, -0.25) is 4.79 Å². The second kappa shape index (κ2) is 6.05. The zero-order chi connectivity index (χ0) is 13.1. The van der Waals surface area contributed by atoms with Crippen LogP contribution in [-0.4, -0.2) is 18.5 Å². The third-order valence-electron chi connectivity index (χ3n) is 5.21. The topological polar surface area (TPSA) is 55.1 Å². The fraction of sp³-hybridized carbons (Fsp3) is 0.933. The first-order valence-electron chi connectivity index (χ1n) is 7.63. The van der Waals surface area contributed by atoms with Crippen molar-refractivity contribution in [1.82, 2.24) is 5.32 Å². The summed E-state index contributed by atoms with van der Waals surface area (Å²) < 4.78 is 0. The third-order valence-corrected chi connectivity index (χ3v) is 5.21. The maximum absolute atomic E-state index is 12.0. The third kappa shape index (κ3) is 3.05. The number of hydrogen-bond acceptors (Lipinski definition) is 2. The van der Waals surface area contributed by atoms with E-state index >= 15 is 0 Å². The van der Waals surface area contributed by atoms with Crippen LogP contribution in [-0.2, 0) is 4.79 Å². The zero-order valence-corrected chi connectivity index (χ0v) is 11.8. The molecule has 5 atom stereocenters. The first kappa shape index (κ1) is 13.9. The van der Waals surface area contributed by atoms with E-state index in [0.29, 0.717) is 24.9 Å². The summed E-state index contributed by atoms with van der Waals surface area (Å²) in [6.07, 6.45) is 7.14. The van der Waals surface area contributed by atoms with Gasteiger partial charge < -0.3 is 11.1 Å². The summed E-state index contributed by atoms with van der Waals surface area (Å²) in [5.74, 6) is 3.10. The van der Waals surface area contributed by atoms with E-state index < -0.39 is 0 Å². The van der Waals surface area contributed by atoms with Crippen LogP contribution in [0, 0.1) is 23.7 Å². The molecule has 1 amide bonds. The Morgan fingerprint density at radius 1 is 1.39 bits per heavy atom. The molecular weight excluding hydrogens is 224 g/mol. The van der Waals surface area contributed by atoms with Crippen LogP contribution in [0.15, 0.2) is 0 Å². The van der Waals surface area contributed by atoms with Crippen LogP contribution in [0.2, 0.25) is 0 Å². The molecule has 0 aliphatic heterocycles. The number of nitrogens with two attached hydrogens (primary N) is 1. The lowest BCUT2D eigenvalue weighted by molar-refractivity contribution is -0.123. The normalized spacial score (nSPS) is 33.4. The summed E-state index contributed by atoms with van der Waals surface area (Å²) in [5.41, 5.74) is 5.65. The van der Waals surface area contributed by atoms with E-state index in [4.69, 9.17) is 5.73 Å². The number of nitrogens with one attached hydrogen (secondary N) is 1. The van der Waals surface area contributed by atoms with Crippen LogP contribution in [0.5, 0.6) is 0 Å². The fourth-order valence-corrected chi connectivity index (χ4v) is 3.98.